The topological polar surface area (TPSA) is 74.2 Å². The number of carbonyl (C=O) groups is 1. The molecule has 0 bridgehead atoms. The molecule has 2 rings (SSSR count). The lowest BCUT2D eigenvalue weighted by atomic mass is 10.2. The third-order valence-electron chi connectivity index (χ3n) is 2.84. The number of amides is 1. The van der Waals surface area contributed by atoms with E-state index in [-0.39, 0.29) is 6.04 Å². The molecule has 0 aliphatic carbocycles. The molecule has 1 saturated heterocycles. The molecule has 1 fully saturated rings. The summed E-state index contributed by atoms with van der Waals surface area (Å²) in [4.78, 5) is 11.5. The van der Waals surface area contributed by atoms with Gasteiger partial charge in [0, 0.05) is 11.7 Å². The first-order valence-corrected chi connectivity index (χ1v) is 5.95. The van der Waals surface area contributed by atoms with E-state index in [1.54, 1.807) is 24.3 Å². The number of benzene rings is 1. The number of nitriles is 1. The lowest BCUT2D eigenvalue weighted by Gasteiger charge is -2.11. The van der Waals surface area contributed by atoms with Crippen LogP contribution >= 0.6 is 0 Å². The molecule has 1 atom stereocenters. The molecule has 1 aliphatic rings. The predicted octanol–water partition coefficient (Wildman–Crippen LogP) is 1.86. The minimum absolute atomic E-state index is 0.275. The summed E-state index contributed by atoms with van der Waals surface area (Å²) in [6.45, 7) is 1.38. The molecule has 1 amide bonds. The van der Waals surface area contributed by atoms with Crippen LogP contribution in [0.15, 0.2) is 24.3 Å². The molecule has 1 unspecified atom stereocenters. The van der Waals surface area contributed by atoms with Gasteiger partial charge in [0.15, 0.2) is 0 Å². The van der Waals surface area contributed by atoms with Crippen LogP contribution in [-0.2, 0) is 4.74 Å². The van der Waals surface area contributed by atoms with Gasteiger partial charge in [-0.25, -0.2) is 4.79 Å². The van der Waals surface area contributed by atoms with Crippen LogP contribution < -0.4 is 10.6 Å². The van der Waals surface area contributed by atoms with Gasteiger partial charge in [0.05, 0.1) is 11.6 Å². The zero-order valence-electron chi connectivity index (χ0n) is 9.98. The summed E-state index contributed by atoms with van der Waals surface area (Å²) in [5.74, 6) is 0. The van der Waals surface area contributed by atoms with Crippen LogP contribution in [0.1, 0.15) is 18.4 Å². The van der Waals surface area contributed by atoms with Crippen LogP contribution in [0.4, 0.5) is 10.5 Å². The molecule has 0 saturated carbocycles. The number of hydrogen-bond acceptors (Lipinski definition) is 4. The van der Waals surface area contributed by atoms with Gasteiger partial charge in [0.1, 0.15) is 6.61 Å². The van der Waals surface area contributed by atoms with Gasteiger partial charge in [-0.15, -0.1) is 0 Å². The Kier molecular flexibility index (Phi) is 4.15. The van der Waals surface area contributed by atoms with Gasteiger partial charge in [-0.1, -0.05) is 0 Å². The SMILES string of the molecule is N#Cc1ccc(NC(=O)OCC2CCCN2)cc1. The van der Waals surface area contributed by atoms with Gasteiger partial charge in [0.2, 0.25) is 0 Å². The van der Waals surface area contributed by atoms with E-state index in [0.29, 0.717) is 17.9 Å². The van der Waals surface area contributed by atoms with Crippen LogP contribution in [-0.4, -0.2) is 25.3 Å². The summed E-state index contributed by atoms with van der Waals surface area (Å²) in [7, 11) is 0. The van der Waals surface area contributed by atoms with Crippen LogP contribution in [0.25, 0.3) is 0 Å². The summed E-state index contributed by atoms with van der Waals surface area (Å²) >= 11 is 0. The highest BCUT2D eigenvalue weighted by atomic mass is 16.5. The van der Waals surface area contributed by atoms with E-state index in [1.165, 1.54) is 0 Å². The Balaban J connectivity index is 1.77. The predicted molar refractivity (Wildman–Crippen MR) is 67.2 cm³/mol. The highest BCUT2D eigenvalue weighted by molar-refractivity contribution is 5.84. The van der Waals surface area contributed by atoms with E-state index >= 15 is 0 Å². The van der Waals surface area contributed by atoms with E-state index in [4.69, 9.17) is 10.00 Å². The van der Waals surface area contributed by atoms with Crippen LogP contribution in [0, 0.1) is 11.3 Å². The number of rotatable bonds is 3. The third-order valence-corrected chi connectivity index (χ3v) is 2.84. The maximum atomic E-state index is 11.5. The quantitative estimate of drug-likeness (QED) is 0.852. The molecule has 1 heterocycles. The fraction of sp³-hybridized carbons (Fsp3) is 0.385. The van der Waals surface area contributed by atoms with Gasteiger partial charge < -0.3 is 10.1 Å². The molecule has 0 spiro atoms. The molecule has 1 aromatic carbocycles. The van der Waals surface area contributed by atoms with Crippen molar-refractivity contribution in [2.24, 2.45) is 0 Å². The molecule has 5 nitrogen and oxygen atoms in total. The van der Waals surface area contributed by atoms with Gasteiger partial charge in [-0.2, -0.15) is 5.26 Å². The Morgan fingerprint density at radius 2 is 2.28 bits per heavy atom. The number of nitrogens with zero attached hydrogens (tertiary/aromatic N) is 1. The maximum absolute atomic E-state index is 11.5. The van der Waals surface area contributed by atoms with Gasteiger partial charge in [0.25, 0.3) is 0 Å². The van der Waals surface area contributed by atoms with Crippen molar-refractivity contribution >= 4 is 11.8 Å². The molecule has 1 aromatic rings. The second-order valence-electron chi connectivity index (χ2n) is 4.21. The zero-order valence-corrected chi connectivity index (χ0v) is 9.98. The summed E-state index contributed by atoms with van der Waals surface area (Å²) in [6, 6.07) is 8.93. The van der Waals surface area contributed by atoms with Crippen LogP contribution in [0.3, 0.4) is 0 Å². The first-order valence-electron chi connectivity index (χ1n) is 5.95. The number of anilines is 1. The number of nitrogens with one attached hydrogen (secondary N) is 2. The minimum Gasteiger partial charge on any atom is -0.448 e. The van der Waals surface area contributed by atoms with E-state index in [9.17, 15) is 4.79 Å². The first kappa shape index (κ1) is 12.4. The van der Waals surface area contributed by atoms with E-state index in [1.807, 2.05) is 6.07 Å². The second-order valence-corrected chi connectivity index (χ2v) is 4.21. The van der Waals surface area contributed by atoms with Crippen LogP contribution in [0.5, 0.6) is 0 Å². The molecule has 0 aromatic heterocycles. The largest absolute Gasteiger partial charge is 0.448 e. The fourth-order valence-electron chi connectivity index (χ4n) is 1.86. The molecular formula is C13H15N3O2. The Hall–Kier alpha value is -2.06. The Morgan fingerprint density at radius 3 is 2.89 bits per heavy atom. The second kappa shape index (κ2) is 6.03. The third kappa shape index (κ3) is 3.47. The van der Waals surface area contributed by atoms with Crippen molar-refractivity contribution in [2.75, 3.05) is 18.5 Å². The van der Waals surface area contributed by atoms with E-state index < -0.39 is 6.09 Å². The van der Waals surface area contributed by atoms with Gasteiger partial charge >= 0.3 is 6.09 Å². The standard InChI is InChI=1S/C13H15N3O2/c14-8-10-3-5-11(6-4-10)16-13(17)18-9-12-2-1-7-15-12/h3-6,12,15H,1-2,7,9H2,(H,16,17). The van der Waals surface area contributed by atoms with Gasteiger partial charge in [-0.05, 0) is 43.7 Å². The van der Waals surface area contributed by atoms with Crippen molar-refractivity contribution in [1.82, 2.24) is 5.32 Å². The number of hydrogen-bond donors (Lipinski definition) is 2. The Bertz CT molecular complexity index is 444. The Labute approximate surface area is 106 Å². The average molecular weight is 245 g/mol. The van der Waals surface area contributed by atoms with E-state index in [0.717, 1.165) is 19.4 Å². The summed E-state index contributed by atoms with van der Waals surface area (Å²) < 4.78 is 5.11. The molecular weight excluding hydrogens is 230 g/mol. The lowest BCUT2D eigenvalue weighted by molar-refractivity contribution is 0.151. The Morgan fingerprint density at radius 1 is 1.50 bits per heavy atom. The van der Waals surface area contributed by atoms with Crippen molar-refractivity contribution in [1.29, 1.82) is 5.26 Å². The number of ether oxygens (including phenoxy) is 1. The van der Waals surface area contributed by atoms with Crippen molar-refractivity contribution in [2.45, 2.75) is 18.9 Å². The molecule has 0 radical (unpaired) electrons. The average Bonchev–Trinajstić information content (AvgIpc) is 2.90. The highest BCUT2D eigenvalue weighted by Gasteiger charge is 2.15. The summed E-state index contributed by atoms with van der Waals surface area (Å²) in [5.41, 5.74) is 1.18. The molecule has 1 aliphatic heterocycles. The lowest BCUT2D eigenvalue weighted by Crippen LogP contribution is -2.29. The van der Waals surface area contributed by atoms with Crippen molar-refractivity contribution < 1.29 is 9.53 Å². The summed E-state index contributed by atoms with van der Waals surface area (Å²) in [6.07, 6.45) is 1.71. The van der Waals surface area contributed by atoms with Crippen molar-refractivity contribution in [3.8, 4) is 6.07 Å². The minimum atomic E-state index is -0.464. The highest BCUT2D eigenvalue weighted by Crippen LogP contribution is 2.10. The van der Waals surface area contributed by atoms with Crippen LogP contribution in [0.2, 0.25) is 0 Å². The smallest absolute Gasteiger partial charge is 0.411 e. The number of carbonyl (C=O) groups excluding carboxylic acids is 1. The van der Waals surface area contributed by atoms with Gasteiger partial charge in [-0.3, -0.25) is 5.32 Å². The first-order chi connectivity index (χ1) is 8.78. The maximum Gasteiger partial charge on any atom is 0.411 e. The monoisotopic (exact) mass is 245 g/mol. The summed E-state index contributed by atoms with van der Waals surface area (Å²) in [5, 5.41) is 14.5. The van der Waals surface area contributed by atoms with Crippen molar-refractivity contribution in [3.63, 3.8) is 0 Å². The molecule has 94 valence electrons. The normalized spacial score (nSPS) is 18.1. The fourth-order valence-corrected chi connectivity index (χ4v) is 1.86. The molecule has 5 heteroatoms. The molecule has 2 N–H and O–H groups in total. The zero-order chi connectivity index (χ0) is 12.8. The van der Waals surface area contributed by atoms with Crippen molar-refractivity contribution in [3.05, 3.63) is 29.8 Å². The molecule has 18 heavy (non-hydrogen) atoms. The van der Waals surface area contributed by atoms with E-state index in [2.05, 4.69) is 10.6 Å².